The number of amides is 2. The Labute approximate surface area is 128 Å². The van der Waals surface area contributed by atoms with Crippen LogP contribution in [0.1, 0.15) is 6.42 Å². The molecule has 1 aromatic rings. The zero-order valence-corrected chi connectivity index (χ0v) is 12.6. The first-order valence-corrected chi connectivity index (χ1v) is 6.99. The zero-order valence-electron chi connectivity index (χ0n) is 10.2. The summed E-state index contributed by atoms with van der Waals surface area (Å²) in [5.74, 6) is -1.13. The van der Waals surface area contributed by atoms with E-state index < -0.39 is 24.1 Å². The van der Waals surface area contributed by atoms with Crippen LogP contribution in [-0.4, -0.2) is 45.8 Å². The van der Waals surface area contributed by atoms with Crippen molar-refractivity contribution in [3.05, 3.63) is 27.7 Å². The highest BCUT2D eigenvalue weighted by Crippen LogP contribution is 2.26. The van der Waals surface area contributed by atoms with E-state index in [4.69, 9.17) is 16.7 Å². The number of benzene rings is 1. The first-order chi connectivity index (χ1) is 9.38. The molecule has 2 rings (SSSR count). The average molecular weight is 364 g/mol. The monoisotopic (exact) mass is 362 g/mol. The molecule has 108 valence electrons. The fraction of sp³-hybridized carbons (Fsp3) is 0.333. The summed E-state index contributed by atoms with van der Waals surface area (Å²) in [5.41, 5.74) is 0.483. The standard InChI is InChI=1S/C12H12BrClN2O4/c13-8-3-6(1-2-9(8)14)15-12(20)16-5-7(17)4-10(16)11(18)19/h1-3,7,10,17H,4-5H2,(H,15,20)(H,18,19)/t7-,10-/m0/s1. The molecule has 1 fully saturated rings. The number of aliphatic carboxylic acids is 1. The first kappa shape index (κ1) is 15.1. The van der Waals surface area contributed by atoms with E-state index in [1.54, 1.807) is 18.2 Å². The van der Waals surface area contributed by atoms with Gasteiger partial charge in [-0.3, -0.25) is 0 Å². The Morgan fingerprint density at radius 1 is 1.45 bits per heavy atom. The third-order valence-electron chi connectivity index (χ3n) is 3.00. The highest BCUT2D eigenvalue weighted by Gasteiger charge is 2.38. The van der Waals surface area contributed by atoms with Gasteiger partial charge in [-0.1, -0.05) is 11.6 Å². The van der Waals surface area contributed by atoms with Gasteiger partial charge in [-0.15, -0.1) is 0 Å². The number of carbonyl (C=O) groups is 2. The Morgan fingerprint density at radius 3 is 2.75 bits per heavy atom. The van der Waals surface area contributed by atoms with Gasteiger partial charge in [-0.2, -0.15) is 0 Å². The van der Waals surface area contributed by atoms with Gasteiger partial charge in [-0.05, 0) is 34.1 Å². The number of rotatable bonds is 2. The van der Waals surface area contributed by atoms with Crippen molar-refractivity contribution in [2.45, 2.75) is 18.6 Å². The van der Waals surface area contributed by atoms with Gasteiger partial charge >= 0.3 is 12.0 Å². The van der Waals surface area contributed by atoms with Gasteiger partial charge in [0.15, 0.2) is 0 Å². The molecule has 2 atom stereocenters. The maximum Gasteiger partial charge on any atom is 0.326 e. The minimum atomic E-state index is -1.13. The third-order valence-corrected chi connectivity index (χ3v) is 4.21. The number of hydrogen-bond donors (Lipinski definition) is 3. The lowest BCUT2D eigenvalue weighted by atomic mass is 10.2. The molecule has 0 spiro atoms. The van der Waals surface area contributed by atoms with Gasteiger partial charge in [0.05, 0.1) is 11.1 Å². The molecular weight excluding hydrogens is 351 g/mol. The SMILES string of the molecule is O=C(O)[C@@H]1C[C@H](O)CN1C(=O)Nc1ccc(Cl)c(Br)c1. The number of hydrogen-bond acceptors (Lipinski definition) is 3. The van der Waals surface area contributed by atoms with Crippen LogP contribution in [0.5, 0.6) is 0 Å². The number of carboxylic acids is 1. The Hall–Kier alpha value is -1.31. The van der Waals surface area contributed by atoms with Gasteiger partial charge < -0.3 is 20.4 Å². The van der Waals surface area contributed by atoms with E-state index in [1.807, 2.05) is 0 Å². The number of carboxylic acid groups (broad SMARTS) is 1. The van der Waals surface area contributed by atoms with Crippen LogP contribution in [0.3, 0.4) is 0 Å². The van der Waals surface area contributed by atoms with Crippen molar-refractivity contribution in [2.75, 3.05) is 11.9 Å². The van der Waals surface area contributed by atoms with Gasteiger partial charge in [-0.25, -0.2) is 9.59 Å². The van der Waals surface area contributed by atoms with E-state index in [9.17, 15) is 14.7 Å². The molecule has 1 aromatic carbocycles. The number of likely N-dealkylation sites (tertiary alicyclic amines) is 1. The number of carbonyl (C=O) groups excluding carboxylic acids is 1. The Balaban J connectivity index is 2.11. The average Bonchev–Trinajstić information content (AvgIpc) is 2.76. The van der Waals surface area contributed by atoms with Crippen molar-refractivity contribution in [2.24, 2.45) is 0 Å². The van der Waals surface area contributed by atoms with E-state index in [1.165, 1.54) is 0 Å². The van der Waals surface area contributed by atoms with Crippen molar-refractivity contribution >= 4 is 45.2 Å². The number of anilines is 1. The lowest BCUT2D eigenvalue weighted by molar-refractivity contribution is -0.141. The topological polar surface area (TPSA) is 89.9 Å². The smallest absolute Gasteiger partial charge is 0.326 e. The number of aliphatic hydroxyl groups excluding tert-OH is 1. The van der Waals surface area contributed by atoms with Crippen LogP contribution in [-0.2, 0) is 4.79 Å². The zero-order chi connectivity index (χ0) is 14.9. The lowest BCUT2D eigenvalue weighted by Crippen LogP contribution is -2.43. The van der Waals surface area contributed by atoms with Gasteiger partial charge in [0, 0.05) is 23.1 Å². The van der Waals surface area contributed by atoms with Crippen LogP contribution in [0, 0.1) is 0 Å². The van der Waals surface area contributed by atoms with Crippen LogP contribution in [0.15, 0.2) is 22.7 Å². The minimum Gasteiger partial charge on any atom is -0.480 e. The van der Waals surface area contributed by atoms with Gasteiger partial charge in [0.1, 0.15) is 6.04 Å². The molecule has 1 aliphatic heterocycles. The largest absolute Gasteiger partial charge is 0.480 e. The summed E-state index contributed by atoms with van der Waals surface area (Å²) in [6.07, 6.45) is -0.786. The van der Waals surface area contributed by atoms with Gasteiger partial charge in [0.2, 0.25) is 0 Å². The Kier molecular flexibility index (Phi) is 4.52. The third kappa shape index (κ3) is 3.23. The van der Waals surface area contributed by atoms with E-state index in [0.29, 0.717) is 15.2 Å². The number of β-amino-alcohol motifs (C(OH)–C–C–N with tert-alkyl or cyclic N) is 1. The molecule has 6 nitrogen and oxygen atoms in total. The molecule has 0 unspecified atom stereocenters. The van der Waals surface area contributed by atoms with E-state index >= 15 is 0 Å². The summed E-state index contributed by atoms with van der Waals surface area (Å²) in [6.45, 7) is -0.00242. The van der Waals surface area contributed by atoms with Gasteiger partial charge in [0.25, 0.3) is 0 Å². The van der Waals surface area contributed by atoms with Crippen molar-refractivity contribution in [3.8, 4) is 0 Å². The highest BCUT2D eigenvalue weighted by atomic mass is 79.9. The van der Waals surface area contributed by atoms with Crippen LogP contribution < -0.4 is 5.32 Å². The number of aliphatic hydroxyl groups is 1. The number of halogens is 2. The maximum absolute atomic E-state index is 12.1. The lowest BCUT2D eigenvalue weighted by Gasteiger charge is -2.21. The molecular formula is C12H12BrClN2O4. The van der Waals surface area contributed by atoms with Crippen molar-refractivity contribution in [1.29, 1.82) is 0 Å². The predicted octanol–water partition coefficient (Wildman–Crippen LogP) is 2.15. The second-order valence-electron chi connectivity index (χ2n) is 4.45. The summed E-state index contributed by atoms with van der Waals surface area (Å²) < 4.78 is 0.619. The molecule has 0 radical (unpaired) electrons. The molecule has 3 N–H and O–H groups in total. The van der Waals surface area contributed by atoms with E-state index in [0.717, 1.165) is 4.90 Å². The fourth-order valence-corrected chi connectivity index (χ4v) is 2.54. The summed E-state index contributed by atoms with van der Waals surface area (Å²) in [6, 6.07) is 3.24. The molecule has 1 heterocycles. The molecule has 1 saturated heterocycles. The molecule has 8 heteroatoms. The van der Waals surface area contributed by atoms with Crippen LogP contribution in [0.2, 0.25) is 5.02 Å². The number of urea groups is 1. The Bertz CT molecular complexity index is 554. The minimum absolute atomic E-state index is 0.00242. The van der Waals surface area contributed by atoms with E-state index in [-0.39, 0.29) is 13.0 Å². The highest BCUT2D eigenvalue weighted by molar-refractivity contribution is 9.10. The summed E-state index contributed by atoms with van der Waals surface area (Å²) in [4.78, 5) is 24.2. The van der Waals surface area contributed by atoms with Crippen LogP contribution in [0.25, 0.3) is 0 Å². The van der Waals surface area contributed by atoms with Crippen LogP contribution in [0.4, 0.5) is 10.5 Å². The molecule has 0 saturated carbocycles. The fourth-order valence-electron chi connectivity index (χ4n) is 2.04. The second kappa shape index (κ2) is 5.99. The first-order valence-electron chi connectivity index (χ1n) is 5.82. The van der Waals surface area contributed by atoms with E-state index in [2.05, 4.69) is 21.2 Å². The molecule has 0 aliphatic carbocycles. The Morgan fingerprint density at radius 2 is 2.15 bits per heavy atom. The second-order valence-corrected chi connectivity index (χ2v) is 5.72. The molecule has 0 aromatic heterocycles. The molecule has 0 bridgehead atoms. The van der Waals surface area contributed by atoms with Crippen molar-refractivity contribution in [3.63, 3.8) is 0 Å². The maximum atomic E-state index is 12.1. The molecule has 1 aliphatic rings. The molecule has 2 amide bonds. The summed E-state index contributed by atoms with van der Waals surface area (Å²) in [7, 11) is 0. The number of nitrogens with zero attached hydrogens (tertiary/aromatic N) is 1. The number of nitrogens with one attached hydrogen (secondary N) is 1. The normalized spacial score (nSPS) is 21.9. The summed E-state index contributed by atoms with van der Waals surface area (Å²) >= 11 is 9.08. The van der Waals surface area contributed by atoms with Crippen molar-refractivity contribution < 1.29 is 19.8 Å². The van der Waals surface area contributed by atoms with Crippen molar-refractivity contribution in [1.82, 2.24) is 4.90 Å². The quantitative estimate of drug-likeness (QED) is 0.751. The molecule has 20 heavy (non-hydrogen) atoms. The summed E-state index contributed by atoms with van der Waals surface area (Å²) in [5, 5.41) is 21.6. The van der Waals surface area contributed by atoms with Crippen LogP contribution >= 0.6 is 27.5 Å². The predicted molar refractivity (Wildman–Crippen MR) is 76.9 cm³/mol.